The number of nitrogens with one attached hydrogen (secondary N) is 2. The van der Waals surface area contributed by atoms with Gasteiger partial charge in [-0.05, 0) is 60.0 Å². The number of halogens is 3. The van der Waals surface area contributed by atoms with Gasteiger partial charge in [-0.15, -0.1) is 0 Å². The highest BCUT2D eigenvalue weighted by Gasteiger charge is 2.53. The first kappa shape index (κ1) is 33.5. The molecule has 46 heavy (non-hydrogen) atoms. The average molecular weight is 679 g/mol. The molecule has 0 bridgehead atoms. The van der Waals surface area contributed by atoms with Gasteiger partial charge in [0.1, 0.15) is 5.75 Å². The van der Waals surface area contributed by atoms with Gasteiger partial charge in [-0.2, -0.15) is 0 Å². The van der Waals surface area contributed by atoms with Crippen LogP contribution in [-0.4, -0.2) is 42.2 Å². The molecule has 1 aliphatic heterocycles. The molecule has 0 aromatic heterocycles. The number of aliphatic imine (C=N–C) groups is 1. The Kier molecular flexibility index (Phi) is 11.7. The van der Waals surface area contributed by atoms with Crippen LogP contribution in [0.1, 0.15) is 41.2 Å². The zero-order chi connectivity index (χ0) is 32.4. The zero-order valence-electron chi connectivity index (χ0n) is 25.0. The Hall–Kier alpha value is -3.85. The second-order valence-electron chi connectivity index (χ2n) is 10.7. The van der Waals surface area contributed by atoms with Crippen molar-refractivity contribution in [2.24, 2.45) is 4.99 Å². The molecule has 0 unspecified atom stereocenters. The van der Waals surface area contributed by atoms with Crippen molar-refractivity contribution in [3.8, 4) is 5.75 Å². The number of ether oxygens (including phenoxy) is 2. The van der Waals surface area contributed by atoms with Crippen LogP contribution in [0, 0.1) is 0 Å². The van der Waals surface area contributed by atoms with Crippen molar-refractivity contribution in [3.05, 3.63) is 140 Å². The third-order valence-electron chi connectivity index (χ3n) is 7.49. The summed E-state index contributed by atoms with van der Waals surface area (Å²) in [4.78, 5) is 19.3. The van der Waals surface area contributed by atoms with E-state index in [0.29, 0.717) is 57.9 Å². The Morgan fingerprint density at radius 3 is 2.46 bits per heavy atom. The van der Waals surface area contributed by atoms with Gasteiger partial charge in [0.25, 0.3) is 5.91 Å². The molecule has 2 atom stereocenters. The minimum absolute atomic E-state index is 0.0507. The number of aliphatic hydroxyl groups is 1. The topological polar surface area (TPSA) is 92.2 Å². The molecular formula is C36H34Cl3N3O4. The summed E-state index contributed by atoms with van der Waals surface area (Å²) >= 11 is 19.3. The third kappa shape index (κ3) is 8.29. The summed E-state index contributed by atoms with van der Waals surface area (Å²) in [7, 11) is 0. The molecule has 4 aromatic carbocycles. The summed E-state index contributed by atoms with van der Waals surface area (Å²) in [5.74, 6) is 0.544. The highest BCUT2D eigenvalue weighted by atomic mass is 35.5. The normalized spacial score (nSPS) is 17.5. The van der Waals surface area contributed by atoms with E-state index >= 15 is 0 Å². The lowest BCUT2D eigenvalue weighted by atomic mass is 9.84. The first-order valence-corrected chi connectivity index (χ1v) is 16.1. The molecular weight excluding hydrogens is 645 g/mol. The summed E-state index contributed by atoms with van der Waals surface area (Å²) in [5.41, 5.74) is 7.69. The number of nitrogens with zero attached hydrogens (tertiary/aromatic N) is 1. The smallest absolute Gasteiger partial charge is 0.266 e. The van der Waals surface area contributed by atoms with Crippen LogP contribution >= 0.6 is 34.8 Å². The van der Waals surface area contributed by atoms with E-state index in [-0.39, 0.29) is 24.8 Å². The van der Waals surface area contributed by atoms with Crippen LogP contribution in [0.2, 0.25) is 15.1 Å². The highest BCUT2D eigenvalue weighted by molar-refractivity contribution is 6.35. The van der Waals surface area contributed by atoms with E-state index < -0.39 is 11.6 Å². The maximum Gasteiger partial charge on any atom is 0.266 e. The second kappa shape index (κ2) is 16.1. The molecule has 238 valence electrons. The zero-order valence-corrected chi connectivity index (χ0v) is 27.2. The molecule has 10 heteroatoms. The van der Waals surface area contributed by atoms with Gasteiger partial charge in [-0.3, -0.25) is 10.2 Å². The lowest BCUT2D eigenvalue weighted by Crippen LogP contribution is -2.52. The number of carbonyl (C=O) groups excluding carboxylic acids is 1. The van der Waals surface area contributed by atoms with E-state index in [1.54, 1.807) is 30.3 Å². The van der Waals surface area contributed by atoms with E-state index in [1.807, 2.05) is 78.9 Å². The Labute approximate surface area is 283 Å². The molecule has 7 nitrogen and oxygen atoms in total. The van der Waals surface area contributed by atoms with Crippen molar-refractivity contribution < 1.29 is 19.4 Å². The largest absolute Gasteiger partial charge is 0.494 e. The van der Waals surface area contributed by atoms with Crippen LogP contribution in [0.25, 0.3) is 6.08 Å². The molecule has 1 amide bonds. The summed E-state index contributed by atoms with van der Waals surface area (Å²) in [6.45, 7) is 0.882. The third-order valence-corrected chi connectivity index (χ3v) is 8.42. The highest BCUT2D eigenvalue weighted by Crippen LogP contribution is 2.45. The number of hydrogen-bond donors (Lipinski definition) is 3. The number of carbonyl (C=O) groups is 1. The molecule has 0 radical (unpaired) electrons. The maximum absolute atomic E-state index is 14.3. The fourth-order valence-corrected chi connectivity index (χ4v) is 5.83. The van der Waals surface area contributed by atoms with Crippen LogP contribution < -0.4 is 15.6 Å². The monoisotopic (exact) mass is 677 g/mol. The van der Waals surface area contributed by atoms with Crippen molar-refractivity contribution in [1.82, 2.24) is 10.9 Å². The van der Waals surface area contributed by atoms with Gasteiger partial charge in [0.2, 0.25) is 5.90 Å². The van der Waals surface area contributed by atoms with Crippen LogP contribution in [0.3, 0.4) is 0 Å². The predicted octanol–water partition coefficient (Wildman–Crippen LogP) is 7.63. The number of hydrogen-bond acceptors (Lipinski definition) is 6. The Bertz CT molecular complexity index is 1680. The Balaban J connectivity index is 1.48. The second-order valence-corrected chi connectivity index (χ2v) is 11.9. The number of rotatable bonds is 14. The van der Waals surface area contributed by atoms with Crippen molar-refractivity contribution in [2.75, 3.05) is 19.8 Å². The number of aliphatic hydroxyl groups excluding tert-OH is 1. The van der Waals surface area contributed by atoms with Gasteiger partial charge in [0.05, 0.1) is 6.61 Å². The maximum atomic E-state index is 14.3. The fourth-order valence-electron chi connectivity index (χ4n) is 5.09. The molecule has 0 fully saturated rings. The lowest BCUT2D eigenvalue weighted by Gasteiger charge is -2.30. The lowest BCUT2D eigenvalue weighted by molar-refractivity contribution is -0.129. The van der Waals surface area contributed by atoms with E-state index in [4.69, 9.17) is 54.4 Å². The van der Waals surface area contributed by atoms with E-state index in [1.165, 1.54) is 0 Å². The average Bonchev–Trinajstić information content (AvgIpc) is 3.45. The molecule has 0 spiro atoms. The molecule has 0 saturated carbocycles. The summed E-state index contributed by atoms with van der Waals surface area (Å²) in [5, 5.41) is 10.5. The van der Waals surface area contributed by atoms with Gasteiger partial charge in [-0.1, -0.05) is 102 Å². The van der Waals surface area contributed by atoms with Crippen molar-refractivity contribution in [2.45, 2.75) is 30.9 Å². The van der Waals surface area contributed by atoms with E-state index in [0.717, 1.165) is 11.1 Å². The minimum atomic E-state index is -1.44. The predicted molar refractivity (Wildman–Crippen MR) is 185 cm³/mol. The van der Waals surface area contributed by atoms with Gasteiger partial charge in [0.15, 0.2) is 11.6 Å². The quantitative estimate of drug-likeness (QED) is 0.0943. The molecule has 0 saturated heterocycles. The van der Waals surface area contributed by atoms with Crippen molar-refractivity contribution >= 4 is 52.7 Å². The molecule has 0 aliphatic carbocycles. The van der Waals surface area contributed by atoms with E-state index in [2.05, 4.69) is 10.9 Å². The summed E-state index contributed by atoms with van der Waals surface area (Å²) in [6, 6.07) is 29.8. The summed E-state index contributed by atoms with van der Waals surface area (Å²) in [6.07, 6.45) is 4.33. The van der Waals surface area contributed by atoms with Crippen molar-refractivity contribution in [3.63, 3.8) is 0 Å². The van der Waals surface area contributed by atoms with Crippen LogP contribution in [0.5, 0.6) is 5.75 Å². The van der Waals surface area contributed by atoms with E-state index in [9.17, 15) is 4.79 Å². The Morgan fingerprint density at radius 1 is 0.957 bits per heavy atom. The first-order chi connectivity index (χ1) is 22.4. The summed E-state index contributed by atoms with van der Waals surface area (Å²) < 4.78 is 12.2. The van der Waals surface area contributed by atoms with Gasteiger partial charge in [0, 0.05) is 52.2 Å². The van der Waals surface area contributed by atoms with Crippen LogP contribution in [0.4, 0.5) is 0 Å². The standard InChI is InChI=1S/C36H34Cl3N3O4/c37-28-15-18-30(32(39)24-28)33-36(20-6-10-25-8-2-1-3-9-25,35(44)42-40-21-19-26-11-4-5-12-31(26)38)41-34(46-33)27-13-16-29(17-14-27)45-23-7-22-43/h1-6,8-18,24,33,40,43H,7,19-23H2,(H,42,44)/b10-6+/t33-,36-/m0/s1. The van der Waals surface area contributed by atoms with Gasteiger partial charge in [-0.25, -0.2) is 10.4 Å². The molecule has 1 heterocycles. The number of amides is 1. The van der Waals surface area contributed by atoms with Gasteiger partial charge >= 0.3 is 0 Å². The Morgan fingerprint density at radius 2 is 1.72 bits per heavy atom. The van der Waals surface area contributed by atoms with Crippen LogP contribution in [-0.2, 0) is 16.0 Å². The van der Waals surface area contributed by atoms with Crippen LogP contribution in [0.15, 0.2) is 108 Å². The molecule has 3 N–H and O–H groups in total. The van der Waals surface area contributed by atoms with Gasteiger partial charge < -0.3 is 14.6 Å². The SMILES string of the molecule is O=C(NNCCc1ccccc1Cl)[C@@]1(C/C=C/c2ccccc2)N=C(c2ccc(OCCCO)cc2)O[C@H]1c1ccc(Cl)cc1Cl. The molecule has 1 aliphatic rings. The molecule has 4 aromatic rings. The number of hydrazine groups is 1. The fraction of sp³-hybridized carbons (Fsp3) is 0.222. The minimum Gasteiger partial charge on any atom is -0.494 e. The first-order valence-electron chi connectivity index (χ1n) is 14.9. The van der Waals surface area contributed by atoms with Crippen molar-refractivity contribution in [1.29, 1.82) is 0 Å². The number of benzene rings is 4. The molecule has 5 rings (SSSR count).